The van der Waals surface area contributed by atoms with Crippen molar-refractivity contribution >= 4 is 5.96 Å². The molecule has 3 fully saturated rings. The lowest BCUT2D eigenvalue weighted by molar-refractivity contribution is -0.559. The first-order valence-electron chi connectivity index (χ1n) is 13.6. The number of benzene rings is 1. The van der Waals surface area contributed by atoms with Crippen molar-refractivity contribution in [3.8, 4) is 5.75 Å². The number of nitrogens with one attached hydrogen (secondary N) is 1. The van der Waals surface area contributed by atoms with E-state index in [0.717, 1.165) is 41.9 Å². The SMILES string of the molecule is COc1ccc(C[C@H]2C[N+]3=C(NC[C@H]3C3CCCCC3)N2CCC2CC3CCC2C3)cc1. The highest BCUT2D eigenvalue weighted by Gasteiger charge is 2.48. The molecule has 2 aliphatic heterocycles. The third-order valence-corrected chi connectivity index (χ3v) is 9.71. The van der Waals surface area contributed by atoms with Crippen LogP contribution in [-0.2, 0) is 6.42 Å². The molecule has 1 aromatic carbocycles. The smallest absolute Gasteiger partial charge is 0.349 e. The van der Waals surface area contributed by atoms with Crippen molar-refractivity contribution in [1.29, 1.82) is 0 Å². The molecule has 2 bridgehead atoms. The molecule has 5 atom stereocenters. The van der Waals surface area contributed by atoms with Crippen LogP contribution in [0.15, 0.2) is 24.3 Å². The van der Waals surface area contributed by atoms with E-state index in [0.29, 0.717) is 6.04 Å². The van der Waals surface area contributed by atoms with Crippen LogP contribution in [0.2, 0.25) is 0 Å². The Morgan fingerprint density at radius 3 is 2.56 bits per heavy atom. The zero-order valence-electron chi connectivity index (χ0n) is 20.0. The number of ether oxygens (including phenoxy) is 1. The summed E-state index contributed by atoms with van der Waals surface area (Å²) in [6, 6.07) is 10.1. The maximum Gasteiger partial charge on any atom is 0.349 e. The van der Waals surface area contributed by atoms with Gasteiger partial charge in [0.15, 0.2) is 0 Å². The zero-order chi connectivity index (χ0) is 21.5. The number of hydrogen-bond acceptors (Lipinski definition) is 3. The normalized spacial score (nSPS) is 34.3. The summed E-state index contributed by atoms with van der Waals surface area (Å²) in [7, 11) is 1.76. The van der Waals surface area contributed by atoms with Crippen LogP contribution in [-0.4, -0.2) is 54.3 Å². The summed E-state index contributed by atoms with van der Waals surface area (Å²) < 4.78 is 8.19. The minimum atomic E-state index is 0.593. The fourth-order valence-electron chi connectivity index (χ4n) is 8.02. The molecule has 0 radical (unpaired) electrons. The van der Waals surface area contributed by atoms with Crippen molar-refractivity contribution in [3.05, 3.63) is 29.8 Å². The minimum Gasteiger partial charge on any atom is -0.497 e. The highest BCUT2D eigenvalue weighted by molar-refractivity contribution is 5.78. The van der Waals surface area contributed by atoms with Crippen molar-refractivity contribution in [2.45, 2.75) is 82.7 Å². The maximum atomic E-state index is 5.39. The van der Waals surface area contributed by atoms with Crippen LogP contribution in [0.4, 0.5) is 0 Å². The second kappa shape index (κ2) is 8.91. The molecule has 4 heteroatoms. The maximum absolute atomic E-state index is 5.39. The second-order valence-corrected chi connectivity index (χ2v) is 11.4. The molecule has 1 aromatic rings. The summed E-state index contributed by atoms with van der Waals surface area (Å²) in [6.45, 7) is 3.61. The monoisotopic (exact) mass is 436 g/mol. The van der Waals surface area contributed by atoms with Gasteiger partial charge in [0.25, 0.3) is 0 Å². The number of hydrogen-bond donors (Lipinski definition) is 1. The van der Waals surface area contributed by atoms with Gasteiger partial charge < -0.3 is 4.74 Å². The van der Waals surface area contributed by atoms with Crippen LogP contribution >= 0.6 is 0 Å². The first kappa shape index (κ1) is 20.9. The molecule has 4 nitrogen and oxygen atoms in total. The third-order valence-electron chi connectivity index (χ3n) is 9.71. The van der Waals surface area contributed by atoms with Gasteiger partial charge in [-0.15, -0.1) is 0 Å². The molecule has 32 heavy (non-hydrogen) atoms. The second-order valence-electron chi connectivity index (χ2n) is 11.4. The van der Waals surface area contributed by atoms with Crippen LogP contribution in [0.3, 0.4) is 0 Å². The highest BCUT2D eigenvalue weighted by Crippen LogP contribution is 2.49. The summed E-state index contributed by atoms with van der Waals surface area (Å²) in [5, 5.41) is 3.91. The summed E-state index contributed by atoms with van der Waals surface area (Å²) in [6.07, 6.45) is 15.8. The number of fused-ring (bicyclic) bond motifs is 2. The topological polar surface area (TPSA) is 27.5 Å². The van der Waals surface area contributed by atoms with Gasteiger partial charge >= 0.3 is 5.96 Å². The van der Waals surface area contributed by atoms with E-state index in [-0.39, 0.29) is 0 Å². The van der Waals surface area contributed by atoms with Crippen molar-refractivity contribution in [1.82, 2.24) is 10.2 Å². The Bertz CT molecular complexity index is 828. The molecule has 5 aliphatic rings. The molecule has 1 N–H and O–H groups in total. The van der Waals surface area contributed by atoms with E-state index < -0.39 is 0 Å². The molecular weight excluding hydrogens is 394 g/mol. The number of rotatable bonds is 7. The average Bonchev–Trinajstić information content (AvgIpc) is 3.61. The number of nitrogens with zero attached hydrogens (tertiary/aromatic N) is 2. The summed E-state index contributed by atoms with van der Waals surface area (Å²) in [4.78, 5) is 2.79. The van der Waals surface area contributed by atoms with Gasteiger partial charge in [-0.1, -0.05) is 37.8 Å². The van der Waals surface area contributed by atoms with Gasteiger partial charge in [0, 0.05) is 6.42 Å². The quantitative estimate of drug-likeness (QED) is 0.630. The van der Waals surface area contributed by atoms with Crippen LogP contribution in [0, 0.1) is 23.7 Å². The zero-order valence-corrected chi connectivity index (χ0v) is 20.0. The first-order chi connectivity index (χ1) is 15.8. The van der Waals surface area contributed by atoms with Gasteiger partial charge in [0.05, 0.1) is 20.2 Å². The lowest BCUT2D eigenvalue weighted by Crippen LogP contribution is -2.46. The Morgan fingerprint density at radius 1 is 1.00 bits per heavy atom. The predicted octanol–water partition coefficient (Wildman–Crippen LogP) is 4.67. The first-order valence-corrected chi connectivity index (χ1v) is 13.6. The predicted molar refractivity (Wildman–Crippen MR) is 129 cm³/mol. The van der Waals surface area contributed by atoms with Crippen molar-refractivity contribution < 1.29 is 9.31 Å². The summed E-state index contributed by atoms with van der Waals surface area (Å²) in [5.74, 6) is 6.41. The molecule has 3 unspecified atom stereocenters. The van der Waals surface area contributed by atoms with Gasteiger partial charge in [-0.2, -0.15) is 0 Å². The largest absolute Gasteiger partial charge is 0.497 e. The van der Waals surface area contributed by atoms with E-state index in [1.165, 1.54) is 95.4 Å². The number of guanidine groups is 1. The van der Waals surface area contributed by atoms with Crippen LogP contribution in [0.1, 0.15) is 69.8 Å². The Balaban J connectivity index is 1.18. The van der Waals surface area contributed by atoms with Gasteiger partial charge in [-0.3, -0.25) is 14.8 Å². The third kappa shape index (κ3) is 3.92. The molecule has 0 aromatic heterocycles. The Morgan fingerprint density at radius 2 is 1.84 bits per heavy atom. The Labute approximate surface area is 194 Å². The van der Waals surface area contributed by atoms with E-state index in [2.05, 4.69) is 39.1 Å². The lowest BCUT2D eigenvalue weighted by atomic mass is 9.83. The lowest BCUT2D eigenvalue weighted by Gasteiger charge is -2.28. The molecule has 0 saturated heterocycles. The van der Waals surface area contributed by atoms with Crippen molar-refractivity contribution in [3.63, 3.8) is 0 Å². The van der Waals surface area contributed by atoms with Gasteiger partial charge in [-0.25, -0.2) is 0 Å². The van der Waals surface area contributed by atoms with E-state index in [1.54, 1.807) is 7.11 Å². The molecule has 3 aliphatic carbocycles. The van der Waals surface area contributed by atoms with Gasteiger partial charge in [-0.05, 0) is 79.9 Å². The van der Waals surface area contributed by atoms with Crippen molar-refractivity contribution in [2.24, 2.45) is 23.7 Å². The van der Waals surface area contributed by atoms with E-state index >= 15 is 0 Å². The van der Waals surface area contributed by atoms with E-state index in [4.69, 9.17) is 4.74 Å². The molecule has 174 valence electrons. The molecule has 0 amide bonds. The summed E-state index contributed by atoms with van der Waals surface area (Å²) in [5.41, 5.74) is 1.44. The molecule has 2 heterocycles. The number of methoxy groups -OCH3 is 1. The van der Waals surface area contributed by atoms with Crippen molar-refractivity contribution in [2.75, 3.05) is 26.7 Å². The highest BCUT2D eigenvalue weighted by atomic mass is 16.5. The van der Waals surface area contributed by atoms with Gasteiger partial charge in [0.2, 0.25) is 0 Å². The standard InChI is InChI=1S/C28H41N3O/c1-32-26-11-8-20(9-12-26)17-25-19-31-27(22-5-3-2-4-6-22)18-29-28(31)30(25)14-13-24-16-21-7-10-23(24)15-21/h8-9,11-12,21-25,27H,2-7,10,13-19H2,1H3/p+1/t21?,23?,24?,25-,27-/m0/s1. The Hall–Kier alpha value is -1.71. The van der Waals surface area contributed by atoms with Crippen LogP contribution < -0.4 is 10.1 Å². The average molecular weight is 437 g/mol. The molecule has 6 rings (SSSR count). The fourth-order valence-corrected chi connectivity index (χ4v) is 8.02. The fraction of sp³-hybridized carbons (Fsp3) is 0.750. The van der Waals surface area contributed by atoms with Gasteiger partial charge in [0.1, 0.15) is 24.4 Å². The molecular formula is C28H42N3O+. The van der Waals surface area contributed by atoms with Crippen LogP contribution in [0.5, 0.6) is 5.75 Å². The molecule has 0 spiro atoms. The Kier molecular flexibility index (Phi) is 5.81. The minimum absolute atomic E-state index is 0.593. The van der Waals surface area contributed by atoms with Crippen LogP contribution in [0.25, 0.3) is 0 Å². The van der Waals surface area contributed by atoms with E-state index in [1.807, 2.05) is 0 Å². The summed E-state index contributed by atoms with van der Waals surface area (Å²) >= 11 is 0. The molecule has 3 saturated carbocycles. The van der Waals surface area contributed by atoms with E-state index in [9.17, 15) is 0 Å².